The lowest BCUT2D eigenvalue weighted by Gasteiger charge is -2.43. The van der Waals surface area contributed by atoms with Gasteiger partial charge in [0.05, 0.1) is 20.3 Å². The first-order valence-corrected chi connectivity index (χ1v) is 8.46. The fraction of sp³-hybridized carbons (Fsp3) is 0.611. The van der Waals surface area contributed by atoms with Gasteiger partial charge in [-0.15, -0.1) is 0 Å². The highest BCUT2D eigenvalue weighted by molar-refractivity contribution is 5.94. The summed E-state index contributed by atoms with van der Waals surface area (Å²) in [6.45, 7) is 6.54. The highest BCUT2D eigenvalue weighted by Gasteiger charge is 2.31. The average molecular weight is 318 g/mol. The molecule has 0 aromatic heterocycles. The number of morpholine rings is 1. The van der Waals surface area contributed by atoms with Crippen molar-refractivity contribution in [1.29, 1.82) is 0 Å². The lowest BCUT2D eigenvalue weighted by molar-refractivity contribution is -0.0335. The molecule has 5 heteroatoms. The third-order valence-corrected chi connectivity index (χ3v) is 4.96. The number of hydrogen-bond donors (Lipinski definition) is 0. The predicted molar refractivity (Wildman–Crippen MR) is 88.9 cm³/mol. The quantitative estimate of drug-likeness (QED) is 0.855. The van der Waals surface area contributed by atoms with E-state index in [2.05, 4.69) is 11.8 Å². The Morgan fingerprint density at radius 2 is 2.04 bits per heavy atom. The minimum atomic E-state index is 0.109. The Balaban J connectivity index is 1.58. The van der Waals surface area contributed by atoms with Crippen molar-refractivity contribution in [3.05, 3.63) is 29.8 Å². The van der Waals surface area contributed by atoms with Crippen LogP contribution in [0.5, 0.6) is 5.75 Å². The summed E-state index contributed by atoms with van der Waals surface area (Å²) in [5, 5.41) is 0. The van der Waals surface area contributed by atoms with Crippen molar-refractivity contribution >= 4 is 5.91 Å². The van der Waals surface area contributed by atoms with Gasteiger partial charge in [0.15, 0.2) is 0 Å². The topological polar surface area (TPSA) is 42.0 Å². The molecule has 23 heavy (non-hydrogen) atoms. The van der Waals surface area contributed by atoms with Crippen LogP contribution in [0.3, 0.4) is 0 Å². The Labute approximate surface area is 138 Å². The van der Waals surface area contributed by atoms with E-state index >= 15 is 0 Å². The van der Waals surface area contributed by atoms with Gasteiger partial charge < -0.3 is 14.4 Å². The number of piperidine rings is 1. The molecule has 2 aliphatic heterocycles. The molecule has 2 aliphatic rings. The van der Waals surface area contributed by atoms with Gasteiger partial charge in [-0.2, -0.15) is 0 Å². The maximum absolute atomic E-state index is 12.7. The van der Waals surface area contributed by atoms with E-state index in [-0.39, 0.29) is 5.91 Å². The normalized spacial score (nSPS) is 23.7. The Bertz CT molecular complexity index is 541. The third kappa shape index (κ3) is 3.67. The van der Waals surface area contributed by atoms with Crippen LogP contribution in [0.2, 0.25) is 0 Å². The van der Waals surface area contributed by atoms with Crippen LogP contribution >= 0.6 is 0 Å². The average Bonchev–Trinajstić information content (AvgIpc) is 2.62. The number of methoxy groups -OCH3 is 1. The van der Waals surface area contributed by atoms with Crippen molar-refractivity contribution < 1.29 is 14.3 Å². The molecule has 0 spiro atoms. The Hall–Kier alpha value is -1.59. The van der Waals surface area contributed by atoms with Gasteiger partial charge in [0.2, 0.25) is 0 Å². The van der Waals surface area contributed by atoms with Crippen molar-refractivity contribution in [1.82, 2.24) is 9.80 Å². The zero-order valence-electron chi connectivity index (χ0n) is 14.0. The van der Waals surface area contributed by atoms with Crippen molar-refractivity contribution in [2.45, 2.75) is 31.8 Å². The molecular formula is C18H26N2O3. The van der Waals surface area contributed by atoms with Crippen molar-refractivity contribution in [2.24, 2.45) is 0 Å². The van der Waals surface area contributed by atoms with Crippen LogP contribution in [-0.2, 0) is 4.74 Å². The summed E-state index contributed by atoms with van der Waals surface area (Å²) >= 11 is 0. The van der Waals surface area contributed by atoms with Gasteiger partial charge >= 0.3 is 0 Å². The molecule has 0 aliphatic carbocycles. The first-order valence-electron chi connectivity index (χ1n) is 8.46. The number of benzene rings is 1. The van der Waals surface area contributed by atoms with E-state index in [1.165, 1.54) is 0 Å². The number of ether oxygens (including phenoxy) is 2. The molecule has 1 atom stereocenters. The number of nitrogens with zero attached hydrogens (tertiary/aromatic N) is 2. The van der Waals surface area contributed by atoms with Gasteiger partial charge in [0, 0.05) is 37.3 Å². The Kier molecular flexibility index (Phi) is 5.18. The van der Waals surface area contributed by atoms with Crippen LogP contribution in [0, 0.1) is 0 Å². The summed E-state index contributed by atoms with van der Waals surface area (Å²) in [7, 11) is 1.62. The zero-order valence-corrected chi connectivity index (χ0v) is 14.0. The molecule has 0 radical (unpaired) electrons. The summed E-state index contributed by atoms with van der Waals surface area (Å²) < 4.78 is 10.7. The minimum Gasteiger partial charge on any atom is -0.497 e. The molecule has 1 aromatic carbocycles. The first-order chi connectivity index (χ1) is 11.2. The molecular weight excluding hydrogens is 292 g/mol. The molecule has 2 heterocycles. The largest absolute Gasteiger partial charge is 0.497 e. The van der Waals surface area contributed by atoms with Gasteiger partial charge in [-0.3, -0.25) is 9.69 Å². The number of rotatable bonds is 3. The van der Waals surface area contributed by atoms with E-state index in [4.69, 9.17) is 9.47 Å². The monoisotopic (exact) mass is 318 g/mol. The minimum absolute atomic E-state index is 0.109. The lowest BCUT2D eigenvalue weighted by Crippen LogP contribution is -2.53. The highest BCUT2D eigenvalue weighted by Crippen LogP contribution is 2.23. The SMILES string of the molecule is COc1cccc(C(=O)N2CCC(N3CCOCC3C)CC2)c1. The summed E-state index contributed by atoms with van der Waals surface area (Å²) in [5.74, 6) is 0.838. The number of amides is 1. The van der Waals surface area contributed by atoms with Crippen LogP contribution in [0.4, 0.5) is 0 Å². The molecule has 1 amide bonds. The van der Waals surface area contributed by atoms with E-state index < -0.39 is 0 Å². The fourth-order valence-electron chi connectivity index (χ4n) is 3.62. The summed E-state index contributed by atoms with van der Waals surface area (Å²) in [6, 6.07) is 8.47. The van der Waals surface area contributed by atoms with Gasteiger partial charge in [0.25, 0.3) is 5.91 Å². The highest BCUT2D eigenvalue weighted by atomic mass is 16.5. The fourth-order valence-corrected chi connectivity index (χ4v) is 3.62. The molecule has 1 aromatic rings. The summed E-state index contributed by atoms with van der Waals surface area (Å²) in [6.07, 6.45) is 2.08. The number of carbonyl (C=O) groups excluding carboxylic acids is 1. The van der Waals surface area contributed by atoms with E-state index in [0.29, 0.717) is 17.6 Å². The third-order valence-electron chi connectivity index (χ3n) is 4.96. The van der Waals surface area contributed by atoms with Gasteiger partial charge in [-0.25, -0.2) is 0 Å². The van der Waals surface area contributed by atoms with Crippen LogP contribution in [0.15, 0.2) is 24.3 Å². The van der Waals surface area contributed by atoms with E-state index in [1.54, 1.807) is 7.11 Å². The van der Waals surface area contributed by atoms with Crippen LogP contribution in [-0.4, -0.2) is 67.7 Å². The van der Waals surface area contributed by atoms with Crippen molar-refractivity contribution in [3.8, 4) is 5.75 Å². The van der Waals surface area contributed by atoms with Crippen molar-refractivity contribution in [2.75, 3.05) is 40.0 Å². The molecule has 2 fully saturated rings. The van der Waals surface area contributed by atoms with Gasteiger partial charge in [0.1, 0.15) is 5.75 Å². The summed E-state index contributed by atoms with van der Waals surface area (Å²) in [4.78, 5) is 17.2. The van der Waals surface area contributed by atoms with Crippen LogP contribution in [0.25, 0.3) is 0 Å². The second-order valence-corrected chi connectivity index (χ2v) is 6.42. The van der Waals surface area contributed by atoms with E-state index in [1.807, 2.05) is 29.2 Å². The standard InChI is InChI=1S/C18H26N2O3/c1-14-13-23-11-10-20(14)16-6-8-19(9-7-16)18(21)15-4-3-5-17(12-15)22-2/h3-5,12,14,16H,6-11,13H2,1-2H3. The maximum Gasteiger partial charge on any atom is 0.253 e. The van der Waals surface area contributed by atoms with Crippen molar-refractivity contribution in [3.63, 3.8) is 0 Å². The van der Waals surface area contributed by atoms with Crippen LogP contribution in [0.1, 0.15) is 30.1 Å². The van der Waals surface area contributed by atoms with E-state index in [0.717, 1.165) is 51.4 Å². The van der Waals surface area contributed by atoms with E-state index in [9.17, 15) is 4.79 Å². The number of hydrogen-bond acceptors (Lipinski definition) is 4. The van der Waals surface area contributed by atoms with Crippen LogP contribution < -0.4 is 4.74 Å². The van der Waals surface area contributed by atoms with Gasteiger partial charge in [-0.05, 0) is 38.0 Å². The Morgan fingerprint density at radius 3 is 2.74 bits per heavy atom. The predicted octanol–water partition coefficient (Wildman–Crippen LogP) is 2.02. The molecule has 126 valence electrons. The lowest BCUT2D eigenvalue weighted by atomic mass is 10.00. The molecule has 0 saturated carbocycles. The molecule has 2 saturated heterocycles. The molecule has 1 unspecified atom stereocenters. The zero-order chi connectivity index (χ0) is 16.2. The second kappa shape index (κ2) is 7.32. The first kappa shape index (κ1) is 16.3. The molecule has 0 N–H and O–H groups in total. The molecule has 3 rings (SSSR count). The molecule has 5 nitrogen and oxygen atoms in total. The smallest absolute Gasteiger partial charge is 0.253 e. The molecule has 0 bridgehead atoms. The van der Waals surface area contributed by atoms with Gasteiger partial charge in [-0.1, -0.05) is 6.07 Å². The Morgan fingerprint density at radius 1 is 1.26 bits per heavy atom. The second-order valence-electron chi connectivity index (χ2n) is 6.42. The maximum atomic E-state index is 12.7. The number of likely N-dealkylation sites (tertiary alicyclic amines) is 1. The summed E-state index contributed by atoms with van der Waals surface area (Å²) in [5.41, 5.74) is 0.711. The number of carbonyl (C=O) groups is 1.